The number of carbonyl (C=O) groups is 2. The predicted octanol–water partition coefficient (Wildman–Crippen LogP) is 6.25. The van der Waals surface area contributed by atoms with Gasteiger partial charge in [-0.25, -0.2) is 8.42 Å². The Balaban J connectivity index is 1.82. The van der Waals surface area contributed by atoms with E-state index in [-0.39, 0.29) is 34.3 Å². The van der Waals surface area contributed by atoms with Crippen LogP contribution in [0.5, 0.6) is 11.5 Å². The van der Waals surface area contributed by atoms with Crippen LogP contribution in [0.2, 0.25) is 15.1 Å². The molecule has 1 atom stereocenters. The maximum atomic E-state index is 14.4. The Bertz CT molecular complexity index is 1790. The number of benzene rings is 4. The van der Waals surface area contributed by atoms with E-state index < -0.39 is 34.4 Å². The smallest absolute Gasteiger partial charge is 0.264 e. The quantitative estimate of drug-likeness (QED) is 0.177. The van der Waals surface area contributed by atoms with E-state index in [0.29, 0.717) is 21.4 Å². The first-order valence-corrected chi connectivity index (χ1v) is 16.5. The van der Waals surface area contributed by atoms with Crippen molar-refractivity contribution in [2.24, 2.45) is 0 Å². The van der Waals surface area contributed by atoms with Crippen LogP contribution in [0.1, 0.15) is 11.1 Å². The largest absolute Gasteiger partial charge is 0.493 e. The van der Waals surface area contributed by atoms with Crippen molar-refractivity contribution in [2.45, 2.75) is 23.9 Å². The Morgan fingerprint density at radius 2 is 1.48 bits per heavy atom. The van der Waals surface area contributed by atoms with E-state index in [4.69, 9.17) is 44.3 Å². The van der Waals surface area contributed by atoms with Crippen molar-refractivity contribution in [1.82, 2.24) is 10.2 Å². The fraction of sp³-hybridized carbons (Fsp3) is 0.212. The van der Waals surface area contributed by atoms with Gasteiger partial charge in [0, 0.05) is 31.1 Å². The third-order valence-electron chi connectivity index (χ3n) is 7.19. The van der Waals surface area contributed by atoms with Gasteiger partial charge in [0.25, 0.3) is 10.0 Å². The summed E-state index contributed by atoms with van der Waals surface area (Å²) in [5, 5.41) is 3.62. The van der Waals surface area contributed by atoms with E-state index in [0.717, 1.165) is 9.87 Å². The van der Waals surface area contributed by atoms with Gasteiger partial charge in [0.15, 0.2) is 11.5 Å². The molecular formula is C33H32Cl3N3O6S. The van der Waals surface area contributed by atoms with Gasteiger partial charge in [0.1, 0.15) is 12.6 Å². The summed E-state index contributed by atoms with van der Waals surface area (Å²) in [6.45, 7) is -0.715. The Hall–Kier alpha value is -3.96. The molecule has 0 unspecified atom stereocenters. The van der Waals surface area contributed by atoms with Crippen molar-refractivity contribution < 1.29 is 27.5 Å². The average molecular weight is 705 g/mol. The van der Waals surface area contributed by atoms with Crippen LogP contribution >= 0.6 is 34.8 Å². The minimum absolute atomic E-state index is 0.0640. The monoisotopic (exact) mass is 703 g/mol. The first-order valence-electron chi connectivity index (χ1n) is 14.0. The molecule has 4 aromatic carbocycles. The first kappa shape index (κ1) is 34.9. The summed E-state index contributed by atoms with van der Waals surface area (Å²) in [7, 11) is -0.0786. The molecule has 0 spiro atoms. The molecule has 242 valence electrons. The lowest BCUT2D eigenvalue weighted by molar-refractivity contribution is -0.139. The van der Waals surface area contributed by atoms with Crippen molar-refractivity contribution >= 4 is 62.3 Å². The second-order valence-electron chi connectivity index (χ2n) is 10.1. The molecule has 0 radical (unpaired) electrons. The molecule has 1 N–H and O–H groups in total. The minimum Gasteiger partial charge on any atom is -0.493 e. The Labute approximate surface area is 283 Å². The number of hydrogen-bond acceptors (Lipinski definition) is 6. The van der Waals surface area contributed by atoms with Gasteiger partial charge < -0.3 is 19.7 Å². The Morgan fingerprint density at radius 3 is 2.09 bits per heavy atom. The van der Waals surface area contributed by atoms with Gasteiger partial charge in [-0.1, -0.05) is 71.2 Å². The molecule has 0 fully saturated rings. The van der Waals surface area contributed by atoms with Gasteiger partial charge in [-0.15, -0.1) is 0 Å². The van der Waals surface area contributed by atoms with Crippen molar-refractivity contribution in [2.75, 3.05) is 32.1 Å². The van der Waals surface area contributed by atoms with Crippen LogP contribution in [0, 0.1) is 0 Å². The van der Waals surface area contributed by atoms with E-state index in [1.807, 2.05) is 30.3 Å². The minimum atomic E-state index is -4.38. The standard InChI is InChI=1S/C33H32Cl3N3O6S/c1-37-33(41)29(18-22-7-5-4-6-8-22)38(20-23-9-15-27(35)28(36)17-23)32(40)21-39(25-12-10-24(34)11-13-25)46(42,43)26-14-16-30(44-2)31(19-26)45-3/h4-17,19,29H,18,20-21H2,1-3H3,(H,37,41)/t29-/m1/s1. The molecule has 13 heteroatoms. The average Bonchev–Trinajstić information content (AvgIpc) is 3.06. The Kier molecular flexibility index (Phi) is 11.8. The van der Waals surface area contributed by atoms with Crippen molar-refractivity contribution in [3.8, 4) is 11.5 Å². The highest BCUT2D eigenvalue weighted by Crippen LogP contribution is 2.33. The molecule has 0 aromatic heterocycles. The molecule has 0 aliphatic rings. The number of likely N-dealkylation sites (N-methyl/N-ethyl adjacent to an activating group) is 1. The second-order valence-corrected chi connectivity index (χ2v) is 13.2. The SMILES string of the molecule is CNC(=O)[C@@H](Cc1ccccc1)N(Cc1ccc(Cl)c(Cl)c1)C(=O)CN(c1ccc(Cl)cc1)S(=O)(=O)c1ccc(OC)c(OC)c1. The molecule has 2 amide bonds. The third-order valence-corrected chi connectivity index (χ3v) is 9.95. The molecule has 0 saturated heterocycles. The number of nitrogens with one attached hydrogen (secondary N) is 1. The number of nitrogens with zero attached hydrogens (tertiary/aromatic N) is 2. The van der Waals surface area contributed by atoms with Gasteiger partial charge in [-0.05, 0) is 59.7 Å². The van der Waals surface area contributed by atoms with E-state index in [2.05, 4.69) is 5.32 Å². The molecule has 4 aromatic rings. The van der Waals surface area contributed by atoms with Crippen LogP contribution in [0.3, 0.4) is 0 Å². The molecule has 0 bridgehead atoms. The van der Waals surface area contributed by atoms with Crippen molar-refractivity contribution in [3.05, 3.63) is 117 Å². The highest BCUT2D eigenvalue weighted by Gasteiger charge is 2.34. The van der Waals surface area contributed by atoms with Crippen LogP contribution in [0.25, 0.3) is 0 Å². The van der Waals surface area contributed by atoms with Gasteiger partial charge in [-0.3, -0.25) is 13.9 Å². The van der Waals surface area contributed by atoms with E-state index >= 15 is 0 Å². The normalized spacial score (nSPS) is 11.8. The van der Waals surface area contributed by atoms with Crippen LogP contribution < -0.4 is 19.1 Å². The number of halogens is 3. The Morgan fingerprint density at radius 1 is 0.804 bits per heavy atom. The zero-order chi connectivity index (χ0) is 33.4. The topological polar surface area (TPSA) is 105 Å². The van der Waals surface area contributed by atoms with Gasteiger partial charge >= 0.3 is 0 Å². The lowest BCUT2D eigenvalue weighted by atomic mass is 10.0. The van der Waals surface area contributed by atoms with E-state index in [1.165, 1.54) is 68.6 Å². The van der Waals surface area contributed by atoms with E-state index in [9.17, 15) is 18.0 Å². The highest BCUT2D eigenvalue weighted by molar-refractivity contribution is 7.92. The zero-order valence-electron chi connectivity index (χ0n) is 25.2. The molecule has 0 aliphatic carbocycles. The highest BCUT2D eigenvalue weighted by atomic mass is 35.5. The molecular weight excluding hydrogens is 673 g/mol. The molecule has 46 heavy (non-hydrogen) atoms. The number of sulfonamides is 1. The second kappa shape index (κ2) is 15.6. The fourth-order valence-electron chi connectivity index (χ4n) is 4.80. The van der Waals surface area contributed by atoms with Crippen LogP contribution in [0.4, 0.5) is 5.69 Å². The summed E-state index contributed by atoms with van der Waals surface area (Å²) in [4.78, 5) is 29.0. The van der Waals surface area contributed by atoms with Crippen LogP contribution in [-0.2, 0) is 32.6 Å². The van der Waals surface area contributed by atoms with E-state index in [1.54, 1.807) is 18.2 Å². The lowest BCUT2D eigenvalue weighted by Gasteiger charge is -2.33. The number of anilines is 1. The maximum Gasteiger partial charge on any atom is 0.264 e. The molecule has 0 saturated carbocycles. The maximum absolute atomic E-state index is 14.4. The summed E-state index contributed by atoms with van der Waals surface area (Å²) in [6, 6.07) is 23.3. The number of rotatable bonds is 13. The summed E-state index contributed by atoms with van der Waals surface area (Å²) < 4.78 is 40.1. The number of ether oxygens (including phenoxy) is 2. The molecule has 9 nitrogen and oxygen atoms in total. The zero-order valence-corrected chi connectivity index (χ0v) is 28.3. The number of carbonyl (C=O) groups excluding carboxylic acids is 2. The molecule has 0 heterocycles. The molecule has 0 aliphatic heterocycles. The molecule has 4 rings (SSSR count). The van der Waals surface area contributed by atoms with Crippen LogP contribution in [0.15, 0.2) is 95.9 Å². The fourth-order valence-corrected chi connectivity index (χ4v) is 6.67. The number of methoxy groups -OCH3 is 2. The van der Waals surface area contributed by atoms with Crippen LogP contribution in [-0.4, -0.2) is 59.0 Å². The van der Waals surface area contributed by atoms with Crippen molar-refractivity contribution in [1.29, 1.82) is 0 Å². The van der Waals surface area contributed by atoms with Gasteiger partial charge in [0.2, 0.25) is 11.8 Å². The summed E-state index contributed by atoms with van der Waals surface area (Å²) in [5.41, 5.74) is 1.57. The number of amides is 2. The summed E-state index contributed by atoms with van der Waals surface area (Å²) >= 11 is 18.6. The van der Waals surface area contributed by atoms with Gasteiger partial charge in [-0.2, -0.15) is 0 Å². The summed E-state index contributed by atoms with van der Waals surface area (Å²) in [5.74, 6) is -0.555. The predicted molar refractivity (Wildman–Crippen MR) is 181 cm³/mol. The first-order chi connectivity index (χ1) is 22.0. The lowest BCUT2D eigenvalue weighted by Crippen LogP contribution is -2.53. The van der Waals surface area contributed by atoms with Gasteiger partial charge in [0.05, 0.1) is 34.8 Å². The number of hydrogen-bond donors (Lipinski definition) is 1. The van der Waals surface area contributed by atoms with Crippen molar-refractivity contribution in [3.63, 3.8) is 0 Å². The third kappa shape index (κ3) is 8.24. The summed E-state index contributed by atoms with van der Waals surface area (Å²) in [6.07, 6.45) is 0.164.